The first-order valence-electron chi connectivity index (χ1n) is 6.97. The summed E-state index contributed by atoms with van der Waals surface area (Å²) >= 11 is 0. The first kappa shape index (κ1) is 15.1. The van der Waals surface area contributed by atoms with E-state index < -0.39 is 29.5 Å². The number of aliphatic hydroxyl groups is 1. The van der Waals surface area contributed by atoms with Crippen molar-refractivity contribution in [2.75, 3.05) is 4.90 Å². The molecule has 0 bridgehead atoms. The number of anilines is 1. The number of ether oxygens (including phenoxy) is 1. The summed E-state index contributed by atoms with van der Waals surface area (Å²) in [6.45, 7) is 3.00. The van der Waals surface area contributed by atoms with Crippen molar-refractivity contribution >= 4 is 11.8 Å². The molecule has 1 fully saturated rings. The third-order valence-corrected chi connectivity index (χ3v) is 4.14. The van der Waals surface area contributed by atoms with Gasteiger partial charge in [0.25, 0.3) is 0 Å². The molecule has 1 aromatic carbocycles. The van der Waals surface area contributed by atoms with Gasteiger partial charge in [0.15, 0.2) is 0 Å². The minimum absolute atomic E-state index is 0.130. The van der Waals surface area contributed by atoms with Gasteiger partial charge in [-0.15, -0.1) is 0 Å². The lowest BCUT2D eigenvalue weighted by Gasteiger charge is -2.48. The number of nitrogens with zero attached hydrogens (tertiary/aromatic N) is 1. The lowest BCUT2D eigenvalue weighted by Crippen LogP contribution is -2.57. The van der Waals surface area contributed by atoms with Gasteiger partial charge in [-0.25, -0.2) is 4.79 Å². The van der Waals surface area contributed by atoms with E-state index in [2.05, 4.69) is 0 Å². The largest absolute Gasteiger partial charge is 0.444 e. The molecule has 2 aliphatic rings. The Morgan fingerprint density at radius 2 is 2.00 bits per heavy atom. The van der Waals surface area contributed by atoms with Crippen LogP contribution in [-0.4, -0.2) is 22.8 Å². The van der Waals surface area contributed by atoms with Gasteiger partial charge in [0.2, 0.25) is 0 Å². The van der Waals surface area contributed by atoms with Crippen LogP contribution >= 0.6 is 0 Å². The molecule has 7 heteroatoms. The molecule has 1 aromatic rings. The SMILES string of the molecule is Cc1cc2c(c(C(F)(F)F)c1)N(C1CC(C)(O)C1)C(=O)OC2. The predicted molar refractivity (Wildman–Crippen MR) is 72.5 cm³/mol. The third-order valence-electron chi connectivity index (χ3n) is 4.14. The summed E-state index contributed by atoms with van der Waals surface area (Å²) in [6, 6.07) is 2.16. The van der Waals surface area contributed by atoms with Gasteiger partial charge in [-0.05, 0) is 38.3 Å². The normalized spacial score (nSPS) is 28.0. The Bertz CT molecular complexity index is 632. The minimum atomic E-state index is -4.56. The Morgan fingerprint density at radius 1 is 1.36 bits per heavy atom. The predicted octanol–water partition coefficient (Wildman–Crippen LogP) is 3.38. The minimum Gasteiger partial charge on any atom is -0.444 e. The number of aryl methyl sites for hydroxylation is 1. The van der Waals surface area contributed by atoms with E-state index in [1.165, 1.54) is 0 Å². The number of amides is 1. The number of carbonyl (C=O) groups excluding carboxylic acids is 1. The Hall–Kier alpha value is -1.76. The number of hydrogen-bond donors (Lipinski definition) is 1. The molecule has 0 saturated heterocycles. The number of hydrogen-bond acceptors (Lipinski definition) is 3. The molecule has 1 aliphatic heterocycles. The highest BCUT2D eigenvalue weighted by molar-refractivity contribution is 5.93. The van der Waals surface area contributed by atoms with Crippen LogP contribution in [0.25, 0.3) is 0 Å². The zero-order valence-corrected chi connectivity index (χ0v) is 12.2. The number of rotatable bonds is 1. The highest BCUT2D eigenvalue weighted by Gasteiger charge is 2.48. The quantitative estimate of drug-likeness (QED) is 0.864. The van der Waals surface area contributed by atoms with Crippen LogP contribution in [-0.2, 0) is 17.5 Å². The van der Waals surface area contributed by atoms with Crippen molar-refractivity contribution in [1.29, 1.82) is 0 Å². The van der Waals surface area contributed by atoms with Crippen LogP contribution < -0.4 is 4.90 Å². The van der Waals surface area contributed by atoms with Crippen molar-refractivity contribution in [3.8, 4) is 0 Å². The number of alkyl halides is 3. The van der Waals surface area contributed by atoms with Crippen molar-refractivity contribution in [3.05, 3.63) is 28.8 Å². The molecule has 0 atom stereocenters. The average Bonchev–Trinajstić information content (AvgIpc) is 2.34. The third kappa shape index (κ3) is 2.43. The molecule has 120 valence electrons. The van der Waals surface area contributed by atoms with Gasteiger partial charge in [-0.2, -0.15) is 13.2 Å². The summed E-state index contributed by atoms with van der Waals surface area (Å²) in [6.07, 6.45) is -4.89. The second kappa shape index (κ2) is 4.62. The standard InChI is InChI=1S/C15H16F3NO3/c1-8-3-9-7-22-13(20)19(10-5-14(2,21)6-10)12(9)11(4-8)15(16,17)18/h3-4,10,21H,5-7H2,1-2H3. The van der Waals surface area contributed by atoms with Crippen LogP contribution in [0.4, 0.5) is 23.7 Å². The monoisotopic (exact) mass is 315 g/mol. The average molecular weight is 315 g/mol. The maximum atomic E-state index is 13.4. The zero-order valence-electron chi connectivity index (χ0n) is 12.2. The summed E-state index contributed by atoms with van der Waals surface area (Å²) < 4.78 is 45.1. The van der Waals surface area contributed by atoms with E-state index in [-0.39, 0.29) is 25.1 Å². The van der Waals surface area contributed by atoms with E-state index in [0.29, 0.717) is 11.1 Å². The van der Waals surface area contributed by atoms with Crippen molar-refractivity contribution in [1.82, 2.24) is 0 Å². The molecule has 1 N–H and O–H groups in total. The molecule has 1 amide bonds. The van der Waals surface area contributed by atoms with Crippen LogP contribution in [0, 0.1) is 6.92 Å². The summed E-state index contributed by atoms with van der Waals surface area (Å²) in [4.78, 5) is 13.1. The highest BCUT2D eigenvalue weighted by Crippen LogP contribution is 2.46. The second-order valence-corrected chi connectivity index (χ2v) is 6.30. The maximum absolute atomic E-state index is 13.4. The van der Waals surface area contributed by atoms with E-state index in [9.17, 15) is 23.1 Å². The lowest BCUT2D eigenvalue weighted by atomic mass is 9.76. The topological polar surface area (TPSA) is 49.8 Å². The van der Waals surface area contributed by atoms with E-state index >= 15 is 0 Å². The molecule has 4 nitrogen and oxygen atoms in total. The van der Waals surface area contributed by atoms with Crippen LogP contribution in [0.1, 0.15) is 36.5 Å². The summed E-state index contributed by atoms with van der Waals surface area (Å²) in [5.41, 5.74) is -1.10. The fourth-order valence-electron chi connectivity index (χ4n) is 3.23. The molecule has 22 heavy (non-hydrogen) atoms. The Balaban J connectivity index is 2.11. The molecule has 0 unspecified atom stereocenters. The molecular formula is C15H16F3NO3. The van der Waals surface area contributed by atoms with Crippen molar-refractivity contribution in [3.63, 3.8) is 0 Å². The molecule has 0 spiro atoms. The summed E-state index contributed by atoms with van der Waals surface area (Å²) in [5.74, 6) is 0. The Morgan fingerprint density at radius 3 is 2.55 bits per heavy atom. The number of carbonyl (C=O) groups is 1. The molecule has 3 rings (SSSR count). The molecule has 1 heterocycles. The van der Waals surface area contributed by atoms with Gasteiger partial charge in [-0.1, -0.05) is 6.07 Å². The van der Waals surface area contributed by atoms with E-state index in [4.69, 9.17) is 4.74 Å². The van der Waals surface area contributed by atoms with Crippen molar-refractivity contribution < 1.29 is 27.8 Å². The van der Waals surface area contributed by atoms with Crippen LogP contribution in [0.15, 0.2) is 12.1 Å². The van der Waals surface area contributed by atoms with Crippen molar-refractivity contribution in [2.45, 2.75) is 51.1 Å². The number of halogens is 3. The van der Waals surface area contributed by atoms with Gasteiger partial charge in [0, 0.05) is 11.6 Å². The molecule has 0 radical (unpaired) electrons. The Kier molecular flexibility index (Phi) is 3.18. The molecule has 0 aromatic heterocycles. The molecule has 1 aliphatic carbocycles. The number of cyclic esters (lactones) is 1. The lowest BCUT2D eigenvalue weighted by molar-refractivity contribution is -0.137. The van der Waals surface area contributed by atoms with Crippen LogP contribution in [0.5, 0.6) is 0 Å². The van der Waals surface area contributed by atoms with Gasteiger partial charge < -0.3 is 9.84 Å². The summed E-state index contributed by atoms with van der Waals surface area (Å²) in [5, 5.41) is 9.82. The van der Waals surface area contributed by atoms with E-state index in [0.717, 1.165) is 11.0 Å². The van der Waals surface area contributed by atoms with E-state index in [1.54, 1.807) is 19.9 Å². The van der Waals surface area contributed by atoms with Crippen molar-refractivity contribution in [2.24, 2.45) is 0 Å². The zero-order chi connectivity index (χ0) is 16.3. The first-order chi connectivity index (χ1) is 10.1. The van der Waals surface area contributed by atoms with Gasteiger partial charge in [0.1, 0.15) is 6.61 Å². The number of benzene rings is 1. The molecular weight excluding hydrogens is 299 g/mol. The fraction of sp³-hybridized carbons (Fsp3) is 0.533. The number of fused-ring (bicyclic) bond motifs is 1. The van der Waals surface area contributed by atoms with Crippen LogP contribution in [0.2, 0.25) is 0 Å². The fourth-order valence-corrected chi connectivity index (χ4v) is 3.23. The van der Waals surface area contributed by atoms with Gasteiger partial charge in [-0.3, -0.25) is 4.90 Å². The summed E-state index contributed by atoms with van der Waals surface area (Å²) in [7, 11) is 0. The smallest absolute Gasteiger partial charge is 0.418 e. The first-order valence-corrected chi connectivity index (χ1v) is 6.97. The highest BCUT2D eigenvalue weighted by atomic mass is 19.4. The molecule has 1 saturated carbocycles. The Labute approximate surface area is 125 Å². The van der Waals surface area contributed by atoms with Gasteiger partial charge >= 0.3 is 12.3 Å². The second-order valence-electron chi connectivity index (χ2n) is 6.30. The van der Waals surface area contributed by atoms with Gasteiger partial charge in [0.05, 0.1) is 16.9 Å². The maximum Gasteiger partial charge on any atom is 0.418 e. The van der Waals surface area contributed by atoms with E-state index in [1.807, 2.05) is 0 Å². The van der Waals surface area contributed by atoms with Crippen LogP contribution in [0.3, 0.4) is 0 Å².